The number of hydrazine groups is 1. The van der Waals surface area contributed by atoms with Crippen LogP contribution < -0.4 is 16.9 Å². The summed E-state index contributed by atoms with van der Waals surface area (Å²) >= 11 is 0. The number of nitrogens with two attached hydrogens (primary N) is 2. The molecule has 5 N–H and O–H groups in total. The Labute approximate surface area is 342 Å². The highest BCUT2D eigenvalue weighted by atomic mass is 19.4. The molecule has 2 aromatic rings. The molecule has 1 saturated carbocycles. The maximum atomic E-state index is 14.1. The molecule has 0 saturated heterocycles. The van der Waals surface area contributed by atoms with Gasteiger partial charge in [0.05, 0.1) is 28.9 Å². The van der Waals surface area contributed by atoms with Gasteiger partial charge in [0.1, 0.15) is 23.2 Å². The summed E-state index contributed by atoms with van der Waals surface area (Å²) in [5.74, 6) is 0.648. The topological polar surface area (TPSA) is 215 Å². The van der Waals surface area contributed by atoms with Crippen LogP contribution in [-0.2, 0) is 46.0 Å². The number of fused-ring (bicyclic) bond motifs is 1. The molecule has 1 aromatic carbocycles. The molecule has 15 nitrogen and oxygen atoms in total. The second-order valence-corrected chi connectivity index (χ2v) is 18.1. The number of rotatable bonds is 14. The lowest BCUT2D eigenvalue weighted by Crippen LogP contribution is -2.46. The quantitative estimate of drug-likeness (QED) is 0.0501. The molecule has 326 valence electrons. The molecular weight excluding hydrogens is 777 g/mol. The van der Waals surface area contributed by atoms with Gasteiger partial charge in [-0.3, -0.25) is 33.8 Å². The summed E-state index contributed by atoms with van der Waals surface area (Å²) in [6.45, 7) is 13.5. The molecule has 18 heteroatoms. The van der Waals surface area contributed by atoms with Crippen molar-refractivity contribution in [1.82, 2.24) is 14.8 Å². The first-order chi connectivity index (χ1) is 27.1. The molecule has 59 heavy (non-hydrogen) atoms. The fourth-order valence-electron chi connectivity index (χ4n) is 7.23. The Morgan fingerprint density at radius 2 is 1.58 bits per heavy atom. The van der Waals surface area contributed by atoms with Crippen LogP contribution in [0.1, 0.15) is 145 Å². The zero-order valence-corrected chi connectivity index (χ0v) is 35.0. The summed E-state index contributed by atoms with van der Waals surface area (Å²) in [5.41, 5.74) is 2.51. The predicted molar refractivity (Wildman–Crippen MR) is 209 cm³/mol. The van der Waals surface area contributed by atoms with Crippen LogP contribution in [-0.4, -0.2) is 80.2 Å². The Morgan fingerprint density at radius 3 is 2.15 bits per heavy atom. The number of benzene rings is 1. The van der Waals surface area contributed by atoms with E-state index in [0.29, 0.717) is 25.7 Å². The number of nitrogens with zero attached hydrogens (tertiary/aromatic N) is 3. The van der Waals surface area contributed by atoms with Crippen molar-refractivity contribution in [2.45, 2.75) is 149 Å². The molecule has 1 atom stereocenters. The van der Waals surface area contributed by atoms with Crippen LogP contribution in [0.3, 0.4) is 0 Å². The highest BCUT2D eigenvalue weighted by Gasteiger charge is 2.45. The number of ether oxygens (including phenoxy) is 3. The fourth-order valence-corrected chi connectivity index (χ4v) is 7.23. The molecule has 1 unspecified atom stereocenters. The molecule has 1 aromatic heterocycles. The molecule has 0 radical (unpaired) electrons. The molecule has 2 amide bonds. The molecule has 2 aliphatic carbocycles. The Bertz CT molecular complexity index is 1920. The predicted octanol–water partition coefficient (Wildman–Crippen LogP) is 5.97. The van der Waals surface area contributed by atoms with Gasteiger partial charge in [0.15, 0.2) is 11.5 Å². The summed E-state index contributed by atoms with van der Waals surface area (Å²) in [7, 11) is 0. The number of primary amides is 1. The number of carbonyl (C=O) groups is 6. The summed E-state index contributed by atoms with van der Waals surface area (Å²) in [6, 6.07) is 4.09. The monoisotopic (exact) mass is 834 g/mol. The lowest BCUT2D eigenvalue weighted by atomic mass is 9.75. The van der Waals surface area contributed by atoms with Gasteiger partial charge in [-0.05, 0) is 110 Å². The van der Waals surface area contributed by atoms with Crippen LogP contribution >= 0.6 is 0 Å². The third kappa shape index (κ3) is 13.0. The molecule has 4 rings (SSSR count). The normalized spacial score (nSPS) is 18.6. The second kappa shape index (κ2) is 18.1. The molecule has 0 bridgehead atoms. The van der Waals surface area contributed by atoms with Gasteiger partial charge in [0, 0.05) is 31.1 Å². The number of anilines is 1. The summed E-state index contributed by atoms with van der Waals surface area (Å²) in [6.07, 6.45) is -3.55. The number of nitrogens with one attached hydrogen (secondary N) is 1. The van der Waals surface area contributed by atoms with Gasteiger partial charge in [-0.25, -0.2) is 10.5 Å². The molecule has 2 aliphatic rings. The van der Waals surface area contributed by atoms with E-state index in [9.17, 15) is 41.9 Å². The van der Waals surface area contributed by atoms with Gasteiger partial charge in [-0.15, -0.1) is 0 Å². The number of alkyl halides is 3. The standard InChI is InChI=1S/C41H57F3N6O9/c1-38(2,3)58-32(53)11-9-10-27(37(56)59-39(4,5)6)36(55)49(46)19-18-31(52)57-25-15-12-23(13-16-25)47-28-20-24(14-17-26(28)35(45)54)50-29-21-40(7,8)22-30(51)33(29)34(48-50)41(42,43)44/h14,17,20,23,25,27,47H,9-13,15-16,18-19,21-22,46H2,1-8H3,(H2,45,54). The van der Waals surface area contributed by atoms with Gasteiger partial charge in [-0.2, -0.15) is 18.3 Å². The van der Waals surface area contributed by atoms with E-state index in [2.05, 4.69) is 10.4 Å². The highest BCUT2D eigenvalue weighted by Crippen LogP contribution is 2.42. The van der Waals surface area contributed by atoms with E-state index in [1.807, 2.05) is 0 Å². The lowest BCUT2D eigenvalue weighted by Gasteiger charge is -2.31. The van der Waals surface area contributed by atoms with E-state index in [1.54, 1.807) is 55.4 Å². The Hall–Kier alpha value is -5.00. The van der Waals surface area contributed by atoms with Gasteiger partial charge >= 0.3 is 24.1 Å². The maximum Gasteiger partial charge on any atom is 0.435 e. The van der Waals surface area contributed by atoms with Crippen LogP contribution in [0.4, 0.5) is 18.9 Å². The first kappa shape index (κ1) is 46.7. The number of Topliss-reactive ketones (excluding diaryl/α,β-unsaturated/α-hetero) is 1. The Balaban J connectivity index is 1.36. The van der Waals surface area contributed by atoms with E-state index in [4.69, 9.17) is 25.8 Å². The molecular formula is C41H57F3N6O9. The molecule has 1 heterocycles. The summed E-state index contributed by atoms with van der Waals surface area (Å²) < 4.78 is 59.7. The number of carbonyl (C=O) groups excluding carboxylic acids is 6. The summed E-state index contributed by atoms with van der Waals surface area (Å²) in [4.78, 5) is 76.7. The van der Waals surface area contributed by atoms with Crippen molar-refractivity contribution in [1.29, 1.82) is 0 Å². The van der Waals surface area contributed by atoms with E-state index in [-0.39, 0.29) is 73.7 Å². The third-order valence-electron chi connectivity index (χ3n) is 9.78. The minimum absolute atomic E-state index is 0.0298. The largest absolute Gasteiger partial charge is 0.462 e. The molecule has 0 spiro atoms. The SMILES string of the molecule is CC1(C)CC(=O)c2c(C(F)(F)F)nn(-c3ccc(C(N)=O)c(NC4CCC(OC(=O)CCN(N)C(=O)C(CCCC(=O)OC(C)(C)C)C(=O)OC(C)(C)C)CC4)c3)c2C1. The maximum absolute atomic E-state index is 14.1. The number of halogens is 3. The van der Waals surface area contributed by atoms with Crippen molar-refractivity contribution in [3.8, 4) is 5.69 Å². The number of amides is 2. The van der Waals surface area contributed by atoms with Gasteiger partial charge in [0.25, 0.3) is 11.8 Å². The highest BCUT2D eigenvalue weighted by molar-refractivity contribution is 6.01. The van der Waals surface area contributed by atoms with Crippen molar-refractivity contribution in [2.24, 2.45) is 22.9 Å². The number of esters is 3. The number of hydrogen-bond donors (Lipinski definition) is 3. The van der Waals surface area contributed by atoms with Crippen molar-refractivity contribution >= 4 is 41.2 Å². The first-order valence-corrected chi connectivity index (χ1v) is 19.8. The smallest absolute Gasteiger partial charge is 0.435 e. The Kier molecular flexibility index (Phi) is 14.3. The first-order valence-electron chi connectivity index (χ1n) is 19.8. The van der Waals surface area contributed by atoms with Crippen molar-refractivity contribution < 1.29 is 56.1 Å². The fraction of sp³-hybridized carbons (Fsp3) is 0.634. The van der Waals surface area contributed by atoms with E-state index in [1.165, 1.54) is 18.2 Å². The summed E-state index contributed by atoms with van der Waals surface area (Å²) in [5, 5.41) is 7.91. The second-order valence-electron chi connectivity index (χ2n) is 18.1. The average molecular weight is 835 g/mol. The van der Waals surface area contributed by atoms with Crippen molar-refractivity contribution in [3.05, 3.63) is 40.7 Å². The third-order valence-corrected chi connectivity index (χ3v) is 9.78. The van der Waals surface area contributed by atoms with E-state index >= 15 is 0 Å². The minimum atomic E-state index is -4.86. The van der Waals surface area contributed by atoms with E-state index < -0.39 is 81.6 Å². The van der Waals surface area contributed by atoms with Gasteiger partial charge in [0.2, 0.25) is 0 Å². The van der Waals surface area contributed by atoms with Crippen molar-refractivity contribution in [3.63, 3.8) is 0 Å². The lowest BCUT2D eigenvalue weighted by molar-refractivity contribution is -0.166. The number of aromatic nitrogens is 2. The van der Waals surface area contributed by atoms with Crippen LogP contribution in [0.2, 0.25) is 0 Å². The van der Waals surface area contributed by atoms with Gasteiger partial charge in [-0.1, -0.05) is 13.8 Å². The van der Waals surface area contributed by atoms with Crippen LogP contribution in [0.25, 0.3) is 5.69 Å². The molecule has 1 fully saturated rings. The number of hydrogen-bond acceptors (Lipinski definition) is 12. The van der Waals surface area contributed by atoms with Crippen molar-refractivity contribution in [2.75, 3.05) is 11.9 Å². The molecule has 0 aliphatic heterocycles. The minimum Gasteiger partial charge on any atom is -0.462 e. The Morgan fingerprint density at radius 1 is 0.949 bits per heavy atom. The van der Waals surface area contributed by atoms with Crippen LogP contribution in [0, 0.1) is 11.3 Å². The zero-order valence-electron chi connectivity index (χ0n) is 35.0. The number of ketones is 1. The van der Waals surface area contributed by atoms with Crippen LogP contribution in [0.5, 0.6) is 0 Å². The zero-order chi connectivity index (χ0) is 44.2. The van der Waals surface area contributed by atoms with Gasteiger partial charge < -0.3 is 25.3 Å². The average Bonchev–Trinajstić information content (AvgIpc) is 3.47. The van der Waals surface area contributed by atoms with E-state index in [0.717, 1.165) is 9.69 Å². The van der Waals surface area contributed by atoms with Crippen LogP contribution in [0.15, 0.2) is 18.2 Å².